The Balaban J connectivity index is 2.74. The number of anilines is 1. The molecule has 0 radical (unpaired) electrons. The molecule has 1 rings (SSSR count). The SMILES string of the molecule is COC(CNc1cc(=O)[nH]c(C(C)C)n1)OC. The van der Waals surface area contributed by atoms with E-state index >= 15 is 0 Å². The third kappa shape index (κ3) is 4.16. The number of nitrogens with zero attached hydrogens (tertiary/aromatic N) is 1. The van der Waals surface area contributed by atoms with Gasteiger partial charge in [-0.25, -0.2) is 4.98 Å². The Morgan fingerprint density at radius 1 is 1.41 bits per heavy atom. The van der Waals surface area contributed by atoms with Crippen LogP contribution in [0.4, 0.5) is 5.82 Å². The molecule has 1 heterocycles. The van der Waals surface area contributed by atoms with Gasteiger partial charge in [0.1, 0.15) is 11.6 Å². The Bertz CT molecular complexity index is 399. The second-order valence-corrected chi connectivity index (χ2v) is 3.95. The normalized spacial score (nSPS) is 11.2. The van der Waals surface area contributed by atoms with Crippen LogP contribution in [0.2, 0.25) is 0 Å². The van der Waals surface area contributed by atoms with Crippen LogP contribution >= 0.6 is 0 Å². The number of methoxy groups -OCH3 is 2. The molecule has 0 amide bonds. The topological polar surface area (TPSA) is 76.2 Å². The van der Waals surface area contributed by atoms with Gasteiger partial charge in [0.15, 0.2) is 6.29 Å². The summed E-state index contributed by atoms with van der Waals surface area (Å²) in [5.74, 6) is 1.35. The van der Waals surface area contributed by atoms with E-state index in [2.05, 4.69) is 15.3 Å². The lowest BCUT2D eigenvalue weighted by Crippen LogP contribution is -2.25. The van der Waals surface area contributed by atoms with Crippen molar-refractivity contribution in [2.75, 3.05) is 26.1 Å². The maximum Gasteiger partial charge on any atom is 0.252 e. The molecule has 0 fully saturated rings. The minimum Gasteiger partial charge on any atom is -0.365 e. The Morgan fingerprint density at radius 3 is 2.59 bits per heavy atom. The van der Waals surface area contributed by atoms with E-state index in [9.17, 15) is 4.79 Å². The molecular formula is C11H19N3O3. The van der Waals surface area contributed by atoms with Gasteiger partial charge in [0.25, 0.3) is 5.56 Å². The highest BCUT2D eigenvalue weighted by molar-refractivity contribution is 5.33. The molecule has 0 saturated heterocycles. The van der Waals surface area contributed by atoms with Gasteiger partial charge >= 0.3 is 0 Å². The number of H-pyrrole nitrogens is 1. The average molecular weight is 241 g/mol. The number of hydrogen-bond donors (Lipinski definition) is 2. The summed E-state index contributed by atoms with van der Waals surface area (Å²) in [4.78, 5) is 18.4. The van der Waals surface area contributed by atoms with Crippen molar-refractivity contribution in [3.8, 4) is 0 Å². The molecule has 0 unspecified atom stereocenters. The Kier molecular flexibility index (Phi) is 5.11. The molecular weight excluding hydrogens is 222 g/mol. The van der Waals surface area contributed by atoms with E-state index in [1.54, 1.807) is 14.2 Å². The monoisotopic (exact) mass is 241 g/mol. The minimum atomic E-state index is -0.362. The van der Waals surface area contributed by atoms with Crippen molar-refractivity contribution >= 4 is 5.82 Å². The molecule has 0 spiro atoms. The first-order valence-electron chi connectivity index (χ1n) is 5.47. The van der Waals surface area contributed by atoms with E-state index in [0.717, 1.165) is 0 Å². The highest BCUT2D eigenvalue weighted by Gasteiger charge is 2.08. The highest BCUT2D eigenvalue weighted by atomic mass is 16.7. The van der Waals surface area contributed by atoms with Crippen LogP contribution < -0.4 is 10.9 Å². The predicted molar refractivity (Wildman–Crippen MR) is 65.2 cm³/mol. The summed E-state index contributed by atoms with van der Waals surface area (Å²) in [6.07, 6.45) is -0.362. The molecule has 0 bridgehead atoms. The summed E-state index contributed by atoms with van der Waals surface area (Å²) < 4.78 is 10.1. The first-order valence-corrected chi connectivity index (χ1v) is 5.47. The zero-order chi connectivity index (χ0) is 12.8. The van der Waals surface area contributed by atoms with Crippen molar-refractivity contribution in [3.05, 3.63) is 22.2 Å². The van der Waals surface area contributed by atoms with Gasteiger partial charge in [-0.1, -0.05) is 13.8 Å². The first kappa shape index (κ1) is 13.7. The van der Waals surface area contributed by atoms with Crippen molar-refractivity contribution in [2.45, 2.75) is 26.1 Å². The fourth-order valence-corrected chi connectivity index (χ4v) is 1.29. The van der Waals surface area contributed by atoms with Crippen molar-refractivity contribution in [1.82, 2.24) is 9.97 Å². The fraction of sp³-hybridized carbons (Fsp3) is 0.636. The van der Waals surface area contributed by atoms with Crippen molar-refractivity contribution in [2.24, 2.45) is 0 Å². The zero-order valence-corrected chi connectivity index (χ0v) is 10.6. The highest BCUT2D eigenvalue weighted by Crippen LogP contribution is 2.09. The summed E-state index contributed by atoms with van der Waals surface area (Å²) in [6.45, 7) is 4.37. The Morgan fingerprint density at radius 2 is 2.06 bits per heavy atom. The average Bonchev–Trinajstić information content (AvgIpc) is 2.29. The Hall–Kier alpha value is -1.40. The van der Waals surface area contributed by atoms with E-state index in [1.165, 1.54) is 6.07 Å². The van der Waals surface area contributed by atoms with Crippen LogP contribution in [-0.2, 0) is 9.47 Å². The van der Waals surface area contributed by atoms with Crippen LogP contribution in [-0.4, -0.2) is 37.0 Å². The van der Waals surface area contributed by atoms with Gasteiger partial charge in [0, 0.05) is 26.2 Å². The van der Waals surface area contributed by atoms with Gasteiger partial charge in [0.05, 0.1) is 6.54 Å². The largest absolute Gasteiger partial charge is 0.365 e. The molecule has 0 atom stereocenters. The van der Waals surface area contributed by atoms with Gasteiger partial charge < -0.3 is 19.8 Å². The second-order valence-electron chi connectivity index (χ2n) is 3.95. The number of rotatable bonds is 6. The van der Waals surface area contributed by atoms with Crippen molar-refractivity contribution < 1.29 is 9.47 Å². The maximum atomic E-state index is 11.4. The van der Waals surface area contributed by atoms with E-state index < -0.39 is 0 Å². The van der Waals surface area contributed by atoms with Gasteiger partial charge in [-0.2, -0.15) is 0 Å². The molecule has 2 N–H and O–H groups in total. The predicted octanol–water partition coefficient (Wildman–Crippen LogP) is 0.924. The zero-order valence-electron chi connectivity index (χ0n) is 10.6. The molecule has 96 valence electrons. The van der Waals surface area contributed by atoms with Crippen molar-refractivity contribution in [3.63, 3.8) is 0 Å². The van der Waals surface area contributed by atoms with Crippen LogP contribution in [0.3, 0.4) is 0 Å². The van der Waals surface area contributed by atoms with E-state index in [0.29, 0.717) is 18.2 Å². The van der Waals surface area contributed by atoms with Gasteiger partial charge in [-0.3, -0.25) is 4.79 Å². The van der Waals surface area contributed by atoms with Crippen LogP contribution in [0.5, 0.6) is 0 Å². The lowest BCUT2D eigenvalue weighted by Gasteiger charge is -2.15. The number of ether oxygens (including phenoxy) is 2. The summed E-state index contributed by atoms with van der Waals surface area (Å²) >= 11 is 0. The summed E-state index contributed by atoms with van der Waals surface area (Å²) in [5, 5.41) is 3.00. The quantitative estimate of drug-likeness (QED) is 0.724. The molecule has 0 aliphatic carbocycles. The lowest BCUT2D eigenvalue weighted by atomic mass is 10.2. The van der Waals surface area contributed by atoms with Crippen LogP contribution in [0.15, 0.2) is 10.9 Å². The molecule has 0 saturated carbocycles. The molecule has 6 nitrogen and oxygen atoms in total. The number of nitrogens with one attached hydrogen (secondary N) is 2. The van der Waals surface area contributed by atoms with Crippen LogP contribution in [0.25, 0.3) is 0 Å². The number of aromatic amines is 1. The molecule has 1 aromatic heterocycles. The fourth-order valence-electron chi connectivity index (χ4n) is 1.29. The second kappa shape index (κ2) is 6.36. The molecule has 17 heavy (non-hydrogen) atoms. The van der Waals surface area contributed by atoms with E-state index in [1.807, 2.05) is 13.8 Å². The number of aromatic nitrogens is 2. The molecule has 0 aliphatic rings. The summed E-state index contributed by atoms with van der Waals surface area (Å²) in [6, 6.07) is 1.41. The molecule has 1 aromatic rings. The summed E-state index contributed by atoms with van der Waals surface area (Å²) in [7, 11) is 3.11. The minimum absolute atomic E-state index is 0.169. The number of hydrogen-bond acceptors (Lipinski definition) is 5. The van der Waals surface area contributed by atoms with Gasteiger partial charge in [0.2, 0.25) is 0 Å². The van der Waals surface area contributed by atoms with Gasteiger partial charge in [-0.15, -0.1) is 0 Å². The van der Waals surface area contributed by atoms with E-state index in [4.69, 9.17) is 9.47 Å². The third-order valence-corrected chi connectivity index (χ3v) is 2.28. The molecule has 6 heteroatoms. The first-order chi connectivity index (χ1) is 8.06. The van der Waals surface area contributed by atoms with Gasteiger partial charge in [-0.05, 0) is 0 Å². The van der Waals surface area contributed by atoms with Crippen LogP contribution in [0, 0.1) is 0 Å². The Labute approximate surface area is 100 Å². The van der Waals surface area contributed by atoms with Crippen LogP contribution in [0.1, 0.15) is 25.6 Å². The third-order valence-electron chi connectivity index (χ3n) is 2.28. The standard InChI is InChI=1S/C11H19N3O3/c1-7(2)11-13-8(5-9(15)14-11)12-6-10(16-3)17-4/h5,7,10H,6H2,1-4H3,(H2,12,13,14,15). The maximum absolute atomic E-state index is 11.4. The molecule has 0 aromatic carbocycles. The van der Waals surface area contributed by atoms with E-state index in [-0.39, 0.29) is 17.8 Å². The smallest absolute Gasteiger partial charge is 0.252 e. The summed E-state index contributed by atoms with van der Waals surface area (Å²) in [5.41, 5.74) is -0.169. The lowest BCUT2D eigenvalue weighted by molar-refractivity contribution is -0.0914. The van der Waals surface area contributed by atoms with Crippen molar-refractivity contribution in [1.29, 1.82) is 0 Å². The molecule has 0 aliphatic heterocycles.